The van der Waals surface area contributed by atoms with Crippen molar-refractivity contribution in [2.24, 2.45) is 0 Å². The van der Waals surface area contributed by atoms with Gasteiger partial charge in [0.1, 0.15) is 0 Å². The first kappa shape index (κ1) is 18.6. The van der Waals surface area contributed by atoms with Gasteiger partial charge in [-0.25, -0.2) is 0 Å². The van der Waals surface area contributed by atoms with Gasteiger partial charge < -0.3 is 10.2 Å². The summed E-state index contributed by atoms with van der Waals surface area (Å²) in [5, 5.41) is 3.12. The molecule has 0 saturated carbocycles. The molecule has 0 bridgehead atoms. The standard InChI is InChI=1S/C16H18ClF3N2O2/c17-12-3-1-2-11(8-12)5-7-22-10-13(9-15(22)24)21-14(23)4-6-16(18,19)20/h1-3,8,13H,4-7,9-10H2,(H,21,23)/t13-/m1/s1. The molecule has 0 spiro atoms. The van der Waals surface area contributed by atoms with Gasteiger partial charge in [-0.15, -0.1) is 0 Å². The number of halogens is 4. The molecule has 0 aromatic heterocycles. The predicted molar refractivity (Wildman–Crippen MR) is 83.6 cm³/mol. The smallest absolute Gasteiger partial charge is 0.351 e. The maximum Gasteiger partial charge on any atom is 0.389 e. The van der Waals surface area contributed by atoms with Crippen LogP contribution >= 0.6 is 11.6 Å². The maximum absolute atomic E-state index is 12.1. The summed E-state index contributed by atoms with van der Waals surface area (Å²) >= 11 is 5.90. The van der Waals surface area contributed by atoms with Crippen LogP contribution in [0.3, 0.4) is 0 Å². The lowest BCUT2D eigenvalue weighted by atomic mass is 10.1. The van der Waals surface area contributed by atoms with Crippen LogP contribution < -0.4 is 5.32 Å². The molecule has 1 fully saturated rings. The predicted octanol–water partition coefficient (Wildman–Crippen LogP) is 2.94. The first-order chi connectivity index (χ1) is 11.2. The van der Waals surface area contributed by atoms with E-state index in [4.69, 9.17) is 11.6 Å². The lowest BCUT2D eigenvalue weighted by Gasteiger charge is -2.17. The third-order valence-corrected chi connectivity index (χ3v) is 4.01. The molecule has 24 heavy (non-hydrogen) atoms. The molecule has 1 aromatic rings. The van der Waals surface area contributed by atoms with Crippen molar-refractivity contribution in [2.45, 2.75) is 37.9 Å². The minimum atomic E-state index is -4.36. The lowest BCUT2D eigenvalue weighted by molar-refractivity contribution is -0.144. The minimum absolute atomic E-state index is 0.113. The Morgan fingerprint density at radius 3 is 2.79 bits per heavy atom. The van der Waals surface area contributed by atoms with Gasteiger partial charge in [0.2, 0.25) is 11.8 Å². The van der Waals surface area contributed by atoms with Crippen LogP contribution in [-0.4, -0.2) is 42.0 Å². The van der Waals surface area contributed by atoms with Crippen molar-refractivity contribution in [2.75, 3.05) is 13.1 Å². The van der Waals surface area contributed by atoms with E-state index in [1.807, 2.05) is 18.2 Å². The van der Waals surface area contributed by atoms with Crippen molar-refractivity contribution in [3.05, 3.63) is 34.9 Å². The van der Waals surface area contributed by atoms with E-state index in [1.54, 1.807) is 11.0 Å². The molecular formula is C16H18ClF3N2O2. The second kappa shape index (κ2) is 7.88. The van der Waals surface area contributed by atoms with Crippen LogP contribution in [0.1, 0.15) is 24.8 Å². The highest BCUT2D eigenvalue weighted by molar-refractivity contribution is 6.30. The summed E-state index contributed by atoms with van der Waals surface area (Å²) in [7, 11) is 0. The number of rotatable bonds is 6. The molecule has 2 amide bonds. The highest BCUT2D eigenvalue weighted by Crippen LogP contribution is 2.21. The molecule has 2 rings (SSSR count). The molecule has 1 aliphatic rings. The number of carbonyl (C=O) groups excluding carboxylic acids is 2. The zero-order valence-electron chi connectivity index (χ0n) is 12.9. The summed E-state index contributed by atoms with van der Waals surface area (Å²) in [6.07, 6.45) is -5.38. The first-order valence-corrected chi connectivity index (χ1v) is 7.99. The van der Waals surface area contributed by atoms with Crippen LogP contribution in [0.25, 0.3) is 0 Å². The molecule has 8 heteroatoms. The summed E-state index contributed by atoms with van der Waals surface area (Å²) in [6, 6.07) is 6.88. The molecule has 1 atom stereocenters. The van der Waals surface area contributed by atoms with Crippen molar-refractivity contribution in [3.8, 4) is 0 Å². The van der Waals surface area contributed by atoms with Gasteiger partial charge in [-0.1, -0.05) is 23.7 Å². The quantitative estimate of drug-likeness (QED) is 0.846. The summed E-state index contributed by atoms with van der Waals surface area (Å²) in [4.78, 5) is 25.1. The molecule has 4 nitrogen and oxygen atoms in total. The van der Waals surface area contributed by atoms with E-state index >= 15 is 0 Å². The van der Waals surface area contributed by atoms with Crippen LogP contribution in [-0.2, 0) is 16.0 Å². The third-order valence-electron chi connectivity index (χ3n) is 3.77. The van der Waals surface area contributed by atoms with Gasteiger partial charge in [0.15, 0.2) is 0 Å². The number of likely N-dealkylation sites (tertiary alicyclic amines) is 1. The Hall–Kier alpha value is -1.76. The summed E-state index contributed by atoms with van der Waals surface area (Å²) in [6.45, 7) is 0.797. The molecule has 1 heterocycles. The normalized spacial score (nSPS) is 18.1. The molecule has 1 N–H and O–H groups in total. The number of carbonyl (C=O) groups is 2. The monoisotopic (exact) mass is 362 g/mol. The number of benzene rings is 1. The van der Waals surface area contributed by atoms with E-state index in [-0.39, 0.29) is 12.3 Å². The second-order valence-corrected chi connectivity index (χ2v) is 6.24. The fourth-order valence-corrected chi connectivity index (χ4v) is 2.81. The van der Waals surface area contributed by atoms with Gasteiger partial charge in [0, 0.05) is 31.0 Å². The third kappa shape index (κ3) is 6.03. The van der Waals surface area contributed by atoms with Crippen molar-refractivity contribution < 1.29 is 22.8 Å². The highest BCUT2D eigenvalue weighted by atomic mass is 35.5. The molecular weight excluding hydrogens is 345 g/mol. The molecule has 1 aromatic carbocycles. The Morgan fingerprint density at radius 2 is 2.12 bits per heavy atom. The number of hydrogen-bond acceptors (Lipinski definition) is 2. The van der Waals surface area contributed by atoms with Crippen molar-refractivity contribution in [3.63, 3.8) is 0 Å². The zero-order valence-corrected chi connectivity index (χ0v) is 13.7. The van der Waals surface area contributed by atoms with Crippen LogP contribution in [0.5, 0.6) is 0 Å². The van der Waals surface area contributed by atoms with Crippen LogP contribution in [0.15, 0.2) is 24.3 Å². The van der Waals surface area contributed by atoms with Gasteiger partial charge in [0.25, 0.3) is 0 Å². The summed E-state index contributed by atoms with van der Waals surface area (Å²) in [5.41, 5.74) is 0.993. The van der Waals surface area contributed by atoms with Gasteiger partial charge >= 0.3 is 6.18 Å². The number of nitrogens with one attached hydrogen (secondary N) is 1. The largest absolute Gasteiger partial charge is 0.389 e. The van der Waals surface area contributed by atoms with Crippen LogP contribution in [0, 0.1) is 0 Å². The Kier molecular flexibility index (Phi) is 6.10. The Bertz CT molecular complexity index is 607. The average Bonchev–Trinajstić information content (AvgIpc) is 2.82. The molecule has 0 radical (unpaired) electrons. The molecule has 0 unspecified atom stereocenters. The van der Waals surface area contributed by atoms with E-state index < -0.39 is 31.0 Å². The number of amides is 2. The number of nitrogens with zero attached hydrogens (tertiary/aromatic N) is 1. The summed E-state index contributed by atoms with van der Waals surface area (Å²) < 4.78 is 36.3. The van der Waals surface area contributed by atoms with Crippen molar-refractivity contribution in [1.29, 1.82) is 0 Å². The van der Waals surface area contributed by atoms with Crippen LogP contribution in [0.2, 0.25) is 5.02 Å². The van der Waals surface area contributed by atoms with E-state index in [9.17, 15) is 22.8 Å². The Labute approximate surface area is 143 Å². The molecule has 132 valence electrons. The first-order valence-electron chi connectivity index (χ1n) is 7.61. The van der Waals surface area contributed by atoms with Gasteiger partial charge in [0.05, 0.1) is 12.5 Å². The lowest BCUT2D eigenvalue weighted by Crippen LogP contribution is -2.37. The second-order valence-electron chi connectivity index (χ2n) is 5.80. The van der Waals surface area contributed by atoms with Gasteiger partial charge in [-0.3, -0.25) is 9.59 Å². The summed E-state index contributed by atoms with van der Waals surface area (Å²) in [5.74, 6) is -0.792. The minimum Gasteiger partial charge on any atom is -0.351 e. The number of alkyl halides is 3. The Morgan fingerprint density at radius 1 is 1.38 bits per heavy atom. The zero-order chi connectivity index (χ0) is 17.7. The SMILES string of the molecule is O=C(CCC(F)(F)F)N[C@@H]1CC(=O)N(CCc2cccc(Cl)c2)C1. The van der Waals surface area contributed by atoms with Crippen LogP contribution in [0.4, 0.5) is 13.2 Å². The van der Waals surface area contributed by atoms with Gasteiger partial charge in [-0.05, 0) is 24.1 Å². The molecule has 0 aliphatic carbocycles. The molecule has 1 aliphatic heterocycles. The Balaban J connectivity index is 1.77. The fraction of sp³-hybridized carbons (Fsp3) is 0.500. The van der Waals surface area contributed by atoms with Crippen molar-refractivity contribution in [1.82, 2.24) is 10.2 Å². The topological polar surface area (TPSA) is 49.4 Å². The number of hydrogen-bond donors (Lipinski definition) is 1. The molecule has 1 saturated heterocycles. The fourth-order valence-electron chi connectivity index (χ4n) is 2.60. The highest BCUT2D eigenvalue weighted by Gasteiger charge is 2.32. The van der Waals surface area contributed by atoms with E-state index in [1.165, 1.54) is 0 Å². The van der Waals surface area contributed by atoms with Crippen molar-refractivity contribution >= 4 is 23.4 Å². The van der Waals surface area contributed by atoms with E-state index in [0.717, 1.165) is 5.56 Å². The van der Waals surface area contributed by atoms with E-state index in [0.29, 0.717) is 24.5 Å². The van der Waals surface area contributed by atoms with Gasteiger partial charge in [-0.2, -0.15) is 13.2 Å². The van der Waals surface area contributed by atoms with E-state index in [2.05, 4.69) is 5.32 Å². The average molecular weight is 363 g/mol. The maximum atomic E-state index is 12.1.